The zero-order valence-corrected chi connectivity index (χ0v) is 13.7. The monoisotopic (exact) mass is 384 g/mol. The van der Waals surface area contributed by atoms with Crippen molar-refractivity contribution < 1.29 is 18.3 Å². The first-order chi connectivity index (χ1) is 10.4. The van der Waals surface area contributed by atoms with Crippen LogP contribution in [0.4, 0.5) is 11.4 Å². The summed E-state index contributed by atoms with van der Waals surface area (Å²) in [6.07, 6.45) is 0. The molecule has 0 saturated carbocycles. The smallest absolute Gasteiger partial charge is 0.261 e. The molecule has 0 fully saturated rings. The average molecular weight is 385 g/mol. The molecular weight excluding hydrogens is 372 g/mol. The molecule has 1 amide bonds. The Kier molecular flexibility index (Phi) is 5.17. The highest BCUT2D eigenvalue weighted by Gasteiger charge is 2.14. The van der Waals surface area contributed by atoms with Crippen LogP contribution in [0.1, 0.15) is 0 Å². The van der Waals surface area contributed by atoms with Gasteiger partial charge in [-0.15, -0.1) is 0 Å². The highest BCUT2D eigenvalue weighted by Crippen LogP contribution is 2.21. The lowest BCUT2D eigenvalue weighted by atomic mass is 10.3. The molecule has 0 spiro atoms. The number of rotatable bonds is 5. The summed E-state index contributed by atoms with van der Waals surface area (Å²) in [5, 5.41) is 11.1. The Hall–Kier alpha value is -1.90. The van der Waals surface area contributed by atoms with E-state index in [1.165, 1.54) is 18.2 Å². The van der Waals surface area contributed by atoms with Crippen molar-refractivity contribution >= 4 is 43.2 Å². The van der Waals surface area contributed by atoms with Crippen LogP contribution >= 0.6 is 15.9 Å². The van der Waals surface area contributed by atoms with E-state index in [4.69, 9.17) is 5.11 Å². The molecular formula is C14H13BrN2O4S. The number of anilines is 2. The third-order valence-electron chi connectivity index (χ3n) is 2.65. The number of carbonyl (C=O) groups excluding carboxylic acids is 1. The number of amides is 1. The number of aliphatic hydroxyl groups is 1. The third-order valence-corrected chi connectivity index (χ3v) is 4.52. The van der Waals surface area contributed by atoms with Crippen LogP contribution in [0.25, 0.3) is 0 Å². The van der Waals surface area contributed by atoms with Gasteiger partial charge in [-0.1, -0.05) is 28.1 Å². The van der Waals surface area contributed by atoms with Crippen molar-refractivity contribution in [1.29, 1.82) is 0 Å². The predicted octanol–water partition coefficient (Wildman–Crippen LogP) is 2.18. The molecule has 2 rings (SSSR count). The van der Waals surface area contributed by atoms with Crippen LogP contribution < -0.4 is 10.0 Å². The van der Waals surface area contributed by atoms with Crippen LogP contribution in [-0.2, 0) is 14.8 Å². The Bertz CT molecular complexity index is 793. The van der Waals surface area contributed by atoms with Gasteiger partial charge in [-0.25, -0.2) is 8.42 Å². The fraction of sp³-hybridized carbons (Fsp3) is 0.0714. The second-order valence-electron chi connectivity index (χ2n) is 4.35. The van der Waals surface area contributed by atoms with Crippen LogP contribution in [-0.4, -0.2) is 26.0 Å². The summed E-state index contributed by atoms with van der Waals surface area (Å²) in [6, 6.07) is 12.5. The summed E-state index contributed by atoms with van der Waals surface area (Å²) in [6.45, 7) is -0.645. The molecule has 8 heteroatoms. The van der Waals surface area contributed by atoms with Crippen molar-refractivity contribution in [2.75, 3.05) is 16.6 Å². The van der Waals surface area contributed by atoms with Crippen LogP contribution in [0.3, 0.4) is 0 Å². The number of hydrogen-bond donors (Lipinski definition) is 3. The van der Waals surface area contributed by atoms with Gasteiger partial charge in [0, 0.05) is 10.2 Å². The van der Waals surface area contributed by atoms with E-state index >= 15 is 0 Å². The van der Waals surface area contributed by atoms with Gasteiger partial charge in [0.05, 0.1) is 10.6 Å². The van der Waals surface area contributed by atoms with E-state index < -0.39 is 22.5 Å². The lowest BCUT2D eigenvalue weighted by molar-refractivity contribution is -0.118. The van der Waals surface area contributed by atoms with Crippen molar-refractivity contribution in [3.8, 4) is 0 Å². The molecule has 116 valence electrons. The summed E-state index contributed by atoms with van der Waals surface area (Å²) in [5.41, 5.74) is 0.684. The van der Waals surface area contributed by atoms with Gasteiger partial charge in [0.1, 0.15) is 6.61 Å². The Labute approximate surface area is 136 Å². The molecule has 2 aromatic rings. The molecule has 22 heavy (non-hydrogen) atoms. The molecule has 6 nitrogen and oxygen atoms in total. The quantitative estimate of drug-likeness (QED) is 0.735. The van der Waals surface area contributed by atoms with E-state index in [-0.39, 0.29) is 4.90 Å². The topological polar surface area (TPSA) is 95.5 Å². The van der Waals surface area contributed by atoms with E-state index in [1.807, 2.05) is 0 Å². The van der Waals surface area contributed by atoms with Crippen LogP contribution in [0.2, 0.25) is 0 Å². The Morgan fingerprint density at radius 3 is 2.45 bits per heavy atom. The number of hydrogen-bond acceptors (Lipinski definition) is 4. The zero-order chi connectivity index (χ0) is 16.2. The van der Waals surface area contributed by atoms with E-state index in [0.717, 1.165) is 0 Å². The van der Waals surface area contributed by atoms with Gasteiger partial charge >= 0.3 is 0 Å². The molecule has 0 aromatic heterocycles. The third kappa shape index (κ3) is 4.30. The first kappa shape index (κ1) is 16.5. The van der Waals surface area contributed by atoms with Crippen molar-refractivity contribution in [3.05, 3.63) is 53.0 Å². The number of nitrogens with one attached hydrogen (secondary N) is 2. The fourth-order valence-electron chi connectivity index (χ4n) is 1.71. The van der Waals surface area contributed by atoms with Gasteiger partial charge < -0.3 is 10.4 Å². The zero-order valence-electron chi connectivity index (χ0n) is 11.3. The molecule has 0 unspecified atom stereocenters. The van der Waals surface area contributed by atoms with Gasteiger partial charge in [0.25, 0.3) is 10.0 Å². The summed E-state index contributed by atoms with van der Waals surface area (Å²) < 4.78 is 27.7. The molecule has 0 aliphatic rings. The summed E-state index contributed by atoms with van der Waals surface area (Å²) in [5.74, 6) is -0.577. The maximum atomic E-state index is 12.3. The summed E-state index contributed by atoms with van der Waals surface area (Å²) >= 11 is 3.22. The van der Waals surface area contributed by atoms with Crippen molar-refractivity contribution in [2.24, 2.45) is 0 Å². The summed E-state index contributed by atoms with van der Waals surface area (Å²) in [7, 11) is -3.73. The van der Waals surface area contributed by atoms with Crippen molar-refractivity contribution in [1.82, 2.24) is 0 Å². The molecule has 0 radical (unpaired) electrons. The van der Waals surface area contributed by atoms with Crippen molar-refractivity contribution in [2.45, 2.75) is 4.90 Å². The normalized spacial score (nSPS) is 11.0. The molecule has 0 atom stereocenters. The highest BCUT2D eigenvalue weighted by atomic mass is 79.9. The van der Waals surface area contributed by atoms with E-state index in [0.29, 0.717) is 15.8 Å². The maximum Gasteiger partial charge on any atom is 0.261 e. The first-order valence-electron chi connectivity index (χ1n) is 6.20. The highest BCUT2D eigenvalue weighted by molar-refractivity contribution is 9.10. The minimum Gasteiger partial charge on any atom is -0.387 e. The molecule has 0 aliphatic carbocycles. The van der Waals surface area contributed by atoms with Gasteiger partial charge in [-0.05, 0) is 36.4 Å². The molecule has 0 bridgehead atoms. The number of benzene rings is 2. The standard InChI is InChI=1S/C14H13BrN2O4S/c15-10-3-1-6-13(7-10)22(20,21)17-12-5-2-4-11(8-12)16-14(19)9-18/h1-8,17-18H,9H2,(H,16,19). The summed E-state index contributed by atoms with van der Waals surface area (Å²) in [4.78, 5) is 11.2. The average Bonchev–Trinajstić information content (AvgIpc) is 2.47. The molecule has 0 aliphatic heterocycles. The lowest BCUT2D eigenvalue weighted by Crippen LogP contribution is -2.16. The van der Waals surface area contributed by atoms with Crippen LogP contribution in [0.5, 0.6) is 0 Å². The van der Waals surface area contributed by atoms with Crippen LogP contribution in [0, 0.1) is 0 Å². The number of carbonyl (C=O) groups is 1. The second kappa shape index (κ2) is 6.91. The van der Waals surface area contributed by atoms with Gasteiger partial charge in [0.15, 0.2) is 0 Å². The predicted molar refractivity (Wildman–Crippen MR) is 87.1 cm³/mol. The first-order valence-corrected chi connectivity index (χ1v) is 8.47. The van der Waals surface area contributed by atoms with Crippen molar-refractivity contribution in [3.63, 3.8) is 0 Å². The number of aliphatic hydroxyl groups excluding tert-OH is 1. The van der Waals surface area contributed by atoms with E-state index in [2.05, 4.69) is 26.0 Å². The Balaban J connectivity index is 2.23. The maximum absolute atomic E-state index is 12.3. The minimum absolute atomic E-state index is 0.117. The van der Waals surface area contributed by atoms with Gasteiger partial charge in [0.2, 0.25) is 5.91 Å². The molecule has 3 N–H and O–H groups in total. The second-order valence-corrected chi connectivity index (χ2v) is 6.95. The van der Waals surface area contributed by atoms with E-state index in [9.17, 15) is 13.2 Å². The molecule has 2 aromatic carbocycles. The van der Waals surface area contributed by atoms with Crippen LogP contribution in [0.15, 0.2) is 57.9 Å². The lowest BCUT2D eigenvalue weighted by Gasteiger charge is -2.10. The largest absolute Gasteiger partial charge is 0.387 e. The molecule has 0 heterocycles. The fourth-order valence-corrected chi connectivity index (χ4v) is 3.35. The molecule has 0 saturated heterocycles. The Morgan fingerprint density at radius 2 is 1.77 bits per heavy atom. The van der Waals surface area contributed by atoms with Gasteiger partial charge in [-0.3, -0.25) is 9.52 Å². The van der Waals surface area contributed by atoms with E-state index in [1.54, 1.807) is 30.3 Å². The SMILES string of the molecule is O=C(CO)Nc1cccc(NS(=O)(=O)c2cccc(Br)c2)c1. The Morgan fingerprint density at radius 1 is 1.09 bits per heavy atom. The van der Waals surface area contributed by atoms with Gasteiger partial charge in [-0.2, -0.15) is 0 Å². The minimum atomic E-state index is -3.73. The number of halogens is 1. The number of sulfonamides is 1.